The minimum absolute atomic E-state index is 0.124. The van der Waals surface area contributed by atoms with Crippen LogP contribution in [0.25, 0.3) is 11.5 Å². The van der Waals surface area contributed by atoms with E-state index in [2.05, 4.69) is 30.7 Å². The lowest BCUT2D eigenvalue weighted by molar-refractivity contribution is 0.0995. The molecular weight excluding hydrogens is 427 g/mol. The number of primary amides is 1. The zero-order valence-electron chi connectivity index (χ0n) is 18.7. The van der Waals surface area contributed by atoms with E-state index < -0.39 is 5.91 Å². The highest BCUT2D eigenvalue weighted by Crippen LogP contribution is 2.26. The van der Waals surface area contributed by atoms with E-state index in [0.717, 1.165) is 31.2 Å². The number of benzene rings is 1. The monoisotopic (exact) mass is 454 g/mol. The number of carbonyl (C=O) groups is 1. The van der Waals surface area contributed by atoms with Gasteiger partial charge in [-0.25, -0.2) is 14.4 Å². The minimum Gasteiger partial charge on any atom is -0.494 e. The lowest BCUT2D eigenvalue weighted by atomic mass is 9.86. The van der Waals surface area contributed by atoms with Crippen molar-refractivity contribution in [1.29, 1.82) is 0 Å². The first-order valence-electron chi connectivity index (χ1n) is 10.9. The maximum Gasteiger partial charge on any atom is 0.267 e. The van der Waals surface area contributed by atoms with Crippen molar-refractivity contribution in [3.8, 4) is 17.3 Å². The van der Waals surface area contributed by atoms with Crippen molar-refractivity contribution in [2.45, 2.75) is 51.7 Å². The van der Waals surface area contributed by atoms with Gasteiger partial charge in [0.1, 0.15) is 17.2 Å². The zero-order chi connectivity index (χ0) is 23.4. The highest BCUT2D eigenvalue weighted by atomic mass is 19.1. The lowest BCUT2D eigenvalue weighted by Crippen LogP contribution is -2.33. The first kappa shape index (κ1) is 22.7. The normalized spacial score (nSPS) is 18.3. The number of ether oxygens (including phenoxy) is 1. The van der Waals surface area contributed by atoms with Gasteiger partial charge in [-0.15, -0.1) is 10.2 Å². The van der Waals surface area contributed by atoms with Crippen LogP contribution < -0.4 is 15.8 Å². The Bertz CT molecular complexity index is 1130. The Morgan fingerprint density at radius 2 is 2.03 bits per heavy atom. The van der Waals surface area contributed by atoms with E-state index in [4.69, 9.17) is 10.5 Å². The van der Waals surface area contributed by atoms with Gasteiger partial charge in [-0.05, 0) is 67.5 Å². The molecule has 3 N–H and O–H groups in total. The average molecular weight is 455 g/mol. The molecule has 0 radical (unpaired) electrons. The molecule has 174 valence electrons. The predicted molar refractivity (Wildman–Crippen MR) is 118 cm³/mol. The molecule has 1 aliphatic rings. The van der Waals surface area contributed by atoms with Gasteiger partial charge in [0.15, 0.2) is 11.6 Å². The first-order valence-corrected chi connectivity index (χ1v) is 10.9. The molecule has 2 aromatic heterocycles. The van der Waals surface area contributed by atoms with Crippen LogP contribution in [0, 0.1) is 18.7 Å². The smallest absolute Gasteiger partial charge is 0.267 e. The van der Waals surface area contributed by atoms with Gasteiger partial charge in [0.25, 0.3) is 5.91 Å². The lowest BCUT2D eigenvalue weighted by Gasteiger charge is -2.28. The molecule has 11 heteroatoms. The van der Waals surface area contributed by atoms with Crippen molar-refractivity contribution in [2.75, 3.05) is 7.11 Å². The molecule has 3 aromatic rings. The van der Waals surface area contributed by atoms with Crippen molar-refractivity contribution in [1.82, 2.24) is 35.5 Å². The molecule has 1 aromatic carbocycles. The SMILES string of the molecule is COc1cc(CNC2CCC(Cn3nnc(-c4cc(C(N)=O)nc(C)n4)n3)CC2)ccc1F. The number of aromatic nitrogens is 6. The van der Waals surface area contributed by atoms with Gasteiger partial charge in [0.2, 0.25) is 5.82 Å². The number of amides is 1. The second kappa shape index (κ2) is 9.99. The Morgan fingerprint density at radius 1 is 1.24 bits per heavy atom. The van der Waals surface area contributed by atoms with E-state index in [0.29, 0.717) is 42.4 Å². The Kier molecular flexibility index (Phi) is 6.87. The Hall–Kier alpha value is -3.47. The van der Waals surface area contributed by atoms with Crippen LogP contribution in [0.1, 0.15) is 47.6 Å². The number of carbonyl (C=O) groups excluding carboxylic acids is 1. The van der Waals surface area contributed by atoms with Crippen LogP contribution in [0.3, 0.4) is 0 Å². The number of methoxy groups -OCH3 is 1. The van der Waals surface area contributed by atoms with Crippen molar-refractivity contribution in [3.63, 3.8) is 0 Å². The summed E-state index contributed by atoms with van der Waals surface area (Å²) in [5, 5.41) is 16.2. The standard InChI is InChI=1S/C22H27FN8O2/c1-13-26-18(21(24)32)10-19(27-13)22-28-30-31(29-22)12-14-3-6-16(7-4-14)25-11-15-5-8-17(23)20(9-15)33-2/h5,8-10,14,16,25H,3-4,6-7,11-12H2,1-2H3,(H2,24,32). The summed E-state index contributed by atoms with van der Waals surface area (Å²) in [5.41, 5.74) is 6.87. The van der Waals surface area contributed by atoms with E-state index in [1.165, 1.54) is 19.2 Å². The van der Waals surface area contributed by atoms with Gasteiger partial charge in [-0.1, -0.05) is 6.07 Å². The molecule has 0 unspecified atom stereocenters. The molecule has 2 heterocycles. The maximum absolute atomic E-state index is 13.6. The summed E-state index contributed by atoms with van der Waals surface area (Å²) in [4.78, 5) is 21.3. The summed E-state index contributed by atoms with van der Waals surface area (Å²) >= 11 is 0. The first-order chi connectivity index (χ1) is 15.9. The molecule has 0 spiro atoms. The highest BCUT2D eigenvalue weighted by molar-refractivity contribution is 5.91. The van der Waals surface area contributed by atoms with Crippen LogP contribution in [-0.4, -0.2) is 49.2 Å². The highest BCUT2D eigenvalue weighted by Gasteiger charge is 2.22. The molecule has 1 saturated carbocycles. The third-order valence-corrected chi connectivity index (χ3v) is 5.85. The summed E-state index contributed by atoms with van der Waals surface area (Å²) < 4.78 is 18.6. The van der Waals surface area contributed by atoms with Crippen molar-refractivity contribution < 1.29 is 13.9 Å². The van der Waals surface area contributed by atoms with E-state index in [9.17, 15) is 9.18 Å². The van der Waals surface area contributed by atoms with Crippen molar-refractivity contribution >= 4 is 5.91 Å². The van der Waals surface area contributed by atoms with Gasteiger partial charge < -0.3 is 15.8 Å². The molecule has 0 aliphatic heterocycles. The largest absolute Gasteiger partial charge is 0.494 e. The predicted octanol–water partition coefficient (Wildman–Crippen LogP) is 2.03. The number of nitrogens with two attached hydrogens (primary N) is 1. The van der Waals surface area contributed by atoms with E-state index in [-0.39, 0.29) is 17.3 Å². The Labute approximate surface area is 190 Å². The molecule has 0 atom stereocenters. The topological polar surface area (TPSA) is 134 Å². The maximum atomic E-state index is 13.6. The number of aryl methyl sites for hydroxylation is 1. The number of rotatable bonds is 8. The Balaban J connectivity index is 1.29. The van der Waals surface area contributed by atoms with Crippen molar-refractivity contribution in [2.24, 2.45) is 11.7 Å². The van der Waals surface area contributed by atoms with E-state index >= 15 is 0 Å². The van der Waals surface area contributed by atoms with Crippen molar-refractivity contribution in [3.05, 3.63) is 47.2 Å². The summed E-state index contributed by atoms with van der Waals surface area (Å²) in [7, 11) is 1.47. The molecule has 4 rings (SSSR count). The number of nitrogens with one attached hydrogen (secondary N) is 1. The third kappa shape index (κ3) is 5.67. The quantitative estimate of drug-likeness (QED) is 0.528. The van der Waals surface area contributed by atoms with Gasteiger partial charge in [0, 0.05) is 12.6 Å². The molecule has 0 bridgehead atoms. The Morgan fingerprint density at radius 3 is 2.76 bits per heavy atom. The molecule has 1 aliphatic carbocycles. The molecule has 1 fully saturated rings. The summed E-state index contributed by atoms with van der Waals surface area (Å²) in [5.74, 6) is 0.494. The van der Waals surface area contributed by atoms with Crippen LogP contribution in [0.15, 0.2) is 24.3 Å². The second-order valence-electron chi connectivity index (χ2n) is 8.29. The molecule has 10 nitrogen and oxygen atoms in total. The molecular formula is C22H27FN8O2. The fraction of sp³-hybridized carbons (Fsp3) is 0.455. The number of hydrogen-bond acceptors (Lipinski definition) is 8. The third-order valence-electron chi connectivity index (χ3n) is 5.85. The van der Waals surface area contributed by atoms with Gasteiger partial charge in [-0.2, -0.15) is 4.80 Å². The molecule has 1 amide bonds. The van der Waals surface area contributed by atoms with Crippen LogP contribution in [0.4, 0.5) is 4.39 Å². The van der Waals surface area contributed by atoms with E-state index in [1.807, 2.05) is 0 Å². The van der Waals surface area contributed by atoms with Crippen LogP contribution >= 0.6 is 0 Å². The van der Waals surface area contributed by atoms with E-state index in [1.54, 1.807) is 23.9 Å². The summed E-state index contributed by atoms with van der Waals surface area (Å²) in [6.07, 6.45) is 4.16. The van der Waals surface area contributed by atoms with Gasteiger partial charge in [0.05, 0.1) is 13.7 Å². The fourth-order valence-electron chi connectivity index (χ4n) is 4.09. The zero-order valence-corrected chi connectivity index (χ0v) is 18.7. The average Bonchev–Trinajstić information content (AvgIpc) is 3.27. The number of hydrogen-bond donors (Lipinski definition) is 2. The van der Waals surface area contributed by atoms with Gasteiger partial charge in [-0.3, -0.25) is 4.79 Å². The van der Waals surface area contributed by atoms with Gasteiger partial charge >= 0.3 is 0 Å². The number of tetrazole rings is 1. The second-order valence-corrected chi connectivity index (χ2v) is 8.29. The minimum atomic E-state index is -0.627. The number of nitrogens with zero attached hydrogens (tertiary/aromatic N) is 6. The van der Waals surface area contributed by atoms with Crippen LogP contribution in [0.2, 0.25) is 0 Å². The summed E-state index contributed by atoms with van der Waals surface area (Å²) in [6, 6.07) is 6.82. The summed E-state index contributed by atoms with van der Waals surface area (Å²) in [6.45, 7) is 3.02. The fourth-order valence-corrected chi connectivity index (χ4v) is 4.09. The van der Waals surface area contributed by atoms with Crippen LogP contribution in [0.5, 0.6) is 5.75 Å². The molecule has 0 saturated heterocycles. The molecule has 33 heavy (non-hydrogen) atoms. The number of halogens is 1. The van der Waals surface area contributed by atoms with Crippen LogP contribution in [-0.2, 0) is 13.1 Å².